The van der Waals surface area contributed by atoms with E-state index in [9.17, 15) is 14.4 Å². The largest absolute Gasteiger partial charge is 0.493 e. The predicted octanol–water partition coefficient (Wildman–Crippen LogP) is 4.68. The third-order valence-electron chi connectivity index (χ3n) is 4.71. The Balaban J connectivity index is 1.64. The van der Waals surface area contributed by atoms with Crippen LogP contribution in [0.3, 0.4) is 0 Å². The highest BCUT2D eigenvalue weighted by atomic mass is 19.1. The Morgan fingerprint density at radius 3 is 2.47 bits per heavy atom. The van der Waals surface area contributed by atoms with E-state index in [1.807, 2.05) is 36.4 Å². The zero-order chi connectivity index (χ0) is 22.8. The number of rotatable bonds is 9. The Morgan fingerprint density at radius 1 is 1.03 bits per heavy atom. The van der Waals surface area contributed by atoms with Gasteiger partial charge in [0.1, 0.15) is 24.1 Å². The average Bonchev–Trinajstić information content (AvgIpc) is 2.83. The number of halogens is 1. The maximum absolute atomic E-state index is 13.0. The zero-order valence-corrected chi connectivity index (χ0v) is 17.7. The zero-order valence-electron chi connectivity index (χ0n) is 17.7. The summed E-state index contributed by atoms with van der Waals surface area (Å²) in [6, 6.07) is 22.9. The van der Waals surface area contributed by atoms with Crippen LogP contribution in [0.5, 0.6) is 11.5 Å². The average molecular weight is 430 g/mol. The summed E-state index contributed by atoms with van der Waals surface area (Å²) in [6.45, 7) is 0.681. The van der Waals surface area contributed by atoms with Crippen LogP contribution in [0.4, 0.5) is 4.39 Å². The molecule has 0 spiro atoms. The number of nitrogens with one attached hydrogen (secondary N) is 1. The van der Waals surface area contributed by atoms with E-state index in [2.05, 4.69) is 5.32 Å². The van der Waals surface area contributed by atoms with Crippen LogP contribution in [0.2, 0.25) is 0 Å². The van der Waals surface area contributed by atoms with E-state index in [0.717, 1.165) is 11.1 Å². The molecule has 0 aliphatic heterocycles. The van der Waals surface area contributed by atoms with E-state index in [-0.39, 0.29) is 18.0 Å². The topological polar surface area (TPSA) is 71.3 Å². The van der Waals surface area contributed by atoms with Crippen molar-refractivity contribution in [1.82, 2.24) is 5.32 Å². The van der Waals surface area contributed by atoms with Crippen molar-refractivity contribution >= 4 is 12.0 Å². The molecular formula is C26H23FN2O3. The molecule has 0 aromatic heterocycles. The van der Waals surface area contributed by atoms with Gasteiger partial charge in [0.25, 0.3) is 5.91 Å². The molecule has 0 aliphatic rings. The van der Waals surface area contributed by atoms with Crippen LogP contribution < -0.4 is 14.8 Å². The van der Waals surface area contributed by atoms with Crippen molar-refractivity contribution in [3.8, 4) is 17.6 Å². The summed E-state index contributed by atoms with van der Waals surface area (Å²) >= 11 is 0. The number of carbonyl (C=O) groups is 1. The highest BCUT2D eigenvalue weighted by molar-refractivity contribution is 6.01. The first-order valence-electron chi connectivity index (χ1n) is 10.1. The summed E-state index contributed by atoms with van der Waals surface area (Å²) in [5.41, 5.74) is 2.55. The van der Waals surface area contributed by atoms with Crippen molar-refractivity contribution in [3.05, 3.63) is 101 Å². The molecule has 0 saturated carbocycles. The van der Waals surface area contributed by atoms with E-state index in [1.54, 1.807) is 30.3 Å². The number of benzene rings is 3. The van der Waals surface area contributed by atoms with Gasteiger partial charge in [-0.1, -0.05) is 48.5 Å². The van der Waals surface area contributed by atoms with Crippen molar-refractivity contribution < 1.29 is 18.7 Å². The number of amides is 1. The molecule has 0 radical (unpaired) electrons. The lowest BCUT2D eigenvalue weighted by Gasteiger charge is -2.12. The second-order valence-corrected chi connectivity index (χ2v) is 6.99. The number of methoxy groups -OCH3 is 1. The molecule has 1 amide bonds. The highest BCUT2D eigenvalue weighted by Gasteiger charge is 2.11. The predicted molar refractivity (Wildman–Crippen MR) is 120 cm³/mol. The van der Waals surface area contributed by atoms with Crippen molar-refractivity contribution in [2.24, 2.45) is 0 Å². The van der Waals surface area contributed by atoms with Crippen LogP contribution in [0.15, 0.2) is 78.4 Å². The second kappa shape index (κ2) is 11.3. The maximum atomic E-state index is 13.0. The molecule has 3 rings (SSSR count). The van der Waals surface area contributed by atoms with Gasteiger partial charge in [0.15, 0.2) is 11.5 Å². The minimum atomic E-state index is -0.431. The molecule has 0 unspecified atom stereocenters. The lowest BCUT2D eigenvalue weighted by molar-refractivity contribution is -0.117. The van der Waals surface area contributed by atoms with Gasteiger partial charge in [0.2, 0.25) is 0 Å². The van der Waals surface area contributed by atoms with Gasteiger partial charge in [-0.2, -0.15) is 5.26 Å². The monoisotopic (exact) mass is 430 g/mol. The molecule has 0 saturated heterocycles. The summed E-state index contributed by atoms with van der Waals surface area (Å²) in [5, 5.41) is 12.2. The quantitative estimate of drug-likeness (QED) is 0.395. The Morgan fingerprint density at radius 2 is 1.78 bits per heavy atom. The molecule has 6 heteroatoms. The van der Waals surface area contributed by atoms with Crippen molar-refractivity contribution in [3.63, 3.8) is 0 Å². The van der Waals surface area contributed by atoms with Gasteiger partial charge in [-0.15, -0.1) is 0 Å². The van der Waals surface area contributed by atoms with Crippen molar-refractivity contribution in [2.45, 2.75) is 13.0 Å². The maximum Gasteiger partial charge on any atom is 0.261 e. The fourth-order valence-corrected chi connectivity index (χ4v) is 3.01. The lowest BCUT2D eigenvalue weighted by atomic mass is 10.1. The van der Waals surface area contributed by atoms with Gasteiger partial charge in [-0.3, -0.25) is 4.79 Å². The first-order valence-corrected chi connectivity index (χ1v) is 10.1. The van der Waals surface area contributed by atoms with Crippen LogP contribution >= 0.6 is 0 Å². The molecule has 3 aromatic carbocycles. The molecule has 1 N–H and O–H groups in total. The lowest BCUT2D eigenvalue weighted by Crippen LogP contribution is -2.26. The van der Waals surface area contributed by atoms with E-state index in [1.165, 1.54) is 25.3 Å². The molecule has 32 heavy (non-hydrogen) atoms. The molecule has 5 nitrogen and oxygen atoms in total. The van der Waals surface area contributed by atoms with Crippen LogP contribution in [0, 0.1) is 17.1 Å². The Kier molecular flexibility index (Phi) is 7.99. The number of ether oxygens (including phenoxy) is 2. The Bertz CT molecular complexity index is 1120. The Hall–Kier alpha value is -4.11. The number of hydrogen-bond acceptors (Lipinski definition) is 4. The number of nitriles is 1. The first-order chi connectivity index (χ1) is 15.6. The summed E-state index contributed by atoms with van der Waals surface area (Å²) < 4.78 is 24.2. The molecule has 0 aliphatic carbocycles. The number of carbonyl (C=O) groups excluding carboxylic acids is 1. The Labute approximate surface area is 186 Å². The molecular weight excluding hydrogens is 407 g/mol. The second-order valence-electron chi connectivity index (χ2n) is 6.99. The van der Waals surface area contributed by atoms with Crippen LogP contribution in [0.25, 0.3) is 6.08 Å². The standard InChI is InChI=1S/C26H23FN2O3/c1-31-25-16-21(9-12-24(25)32-18-20-7-10-23(27)11-8-20)15-22(17-28)26(30)29-14-13-19-5-3-2-4-6-19/h2-12,15-16H,13-14,18H2,1H3,(H,29,30)/b22-15+. The molecule has 0 fully saturated rings. The van der Waals surface area contributed by atoms with E-state index in [4.69, 9.17) is 9.47 Å². The summed E-state index contributed by atoms with van der Waals surface area (Å²) in [7, 11) is 1.51. The van der Waals surface area contributed by atoms with E-state index >= 15 is 0 Å². The summed E-state index contributed by atoms with van der Waals surface area (Å²) in [6.07, 6.45) is 2.18. The number of hydrogen-bond donors (Lipinski definition) is 1. The third-order valence-corrected chi connectivity index (χ3v) is 4.71. The summed E-state index contributed by atoms with van der Waals surface area (Å²) in [5.74, 6) is 0.223. The minimum absolute atomic E-state index is 0.0000882. The molecule has 3 aromatic rings. The fraction of sp³-hybridized carbons (Fsp3) is 0.154. The van der Waals surface area contributed by atoms with Crippen LogP contribution in [-0.4, -0.2) is 19.6 Å². The smallest absolute Gasteiger partial charge is 0.261 e. The molecule has 162 valence electrons. The summed E-state index contributed by atoms with van der Waals surface area (Å²) in [4.78, 5) is 12.4. The highest BCUT2D eigenvalue weighted by Crippen LogP contribution is 2.29. The van der Waals surface area contributed by atoms with E-state index < -0.39 is 5.91 Å². The van der Waals surface area contributed by atoms with Crippen molar-refractivity contribution in [1.29, 1.82) is 5.26 Å². The number of nitrogens with zero attached hydrogens (tertiary/aromatic N) is 1. The van der Waals surface area contributed by atoms with Crippen LogP contribution in [-0.2, 0) is 17.8 Å². The van der Waals surface area contributed by atoms with E-state index in [0.29, 0.717) is 30.0 Å². The molecule has 0 atom stereocenters. The van der Waals surface area contributed by atoms with Gasteiger partial charge >= 0.3 is 0 Å². The van der Waals surface area contributed by atoms with Gasteiger partial charge in [0.05, 0.1) is 7.11 Å². The van der Waals surface area contributed by atoms with Gasteiger partial charge in [-0.25, -0.2) is 4.39 Å². The SMILES string of the molecule is COc1cc(/C=C(\C#N)C(=O)NCCc2ccccc2)ccc1OCc1ccc(F)cc1. The molecule has 0 bridgehead atoms. The molecule has 0 heterocycles. The van der Waals surface area contributed by atoms with Crippen molar-refractivity contribution in [2.75, 3.05) is 13.7 Å². The van der Waals surface area contributed by atoms with Gasteiger partial charge < -0.3 is 14.8 Å². The normalized spacial score (nSPS) is 10.8. The first kappa shape index (κ1) is 22.6. The fourth-order valence-electron chi connectivity index (χ4n) is 3.01. The third kappa shape index (κ3) is 6.44. The minimum Gasteiger partial charge on any atom is -0.493 e. The van der Waals surface area contributed by atoms with Crippen LogP contribution in [0.1, 0.15) is 16.7 Å². The van der Waals surface area contributed by atoms with Gasteiger partial charge in [-0.05, 0) is 53.5 Å². The van der Waals surface area contributed by atoms with Gasteiger partial charge in [0, 0.05) is 6.54 Å².